The van der Waals surface area contributed by atoms with E-state index in [1.54, 1.807) is 42.5 Å². The molecule has 3 aromatic rings. The highest BCUT2D eigenvalue weighted by Crippen LogP contribution is 2.34. The third-order valence-electron chi connectivity index (χ3n) is 5.45. The zero-order valence-electron chi connectivity index (χ0n) is 20.3. The van der Waals surface area contributed by atoms with Gasteiger partial charge in [0, 0.05) is 16.9 Å². The van der Waals surface area contributed by atoms with Crippen LogP contribution in [0.2, 0.25) is 0 Å². The monoisotopic (exact) mass is 515 g/mol. The van der Waals surface area contributed by atoms with Crippen molar-refractivity contribution in [2.45, 2.75) is 13.8 Å². The van der Waals surface area contributed by atoms with E-state index in [-0.39, 0.29) is 17.4 Å². The number of amides is 4. The molecule has 0 unspecified atom stereocenters. The first-order valence-corrected chi connectivity index (χ1v) is 12.3. The Morgan fingerprint density at radius 1 is 0.919 bits per heavy atom. The Morgan fingerprint density at radius 2 is 1.65 bits per heavy atom. The summed E-state index contributed by atoms with van der Waals surface area (Å²) in [5, 5.41) is 4.96. The van der Waals surface area contributed by atoms with Crippen molar-refractivity contribution in [3.63, 3.8) is 0 Å². The summed E-state index contributed by atoms with van der Waals surface area (Å²) in [4.78, 5) is 51.3. The Morgan fingerprint density at radius 3 is 2.41 bits per heavy atom. The van der Waals surface area contributed by atoms with Gasteiger partial charge in [0.25, 0.3) is 17.1 Å². The van der Waals surface area contributed by atoms with Crippen molar-refractivity contribution in [3.05, 3.63) is 94.4 Å². The van der Waals surface area contributed by atoms with Crippen LogP contribution in [0.4, 0.5) is 16.2 Å². The van der Waals surface area contributed by atoms with Crippen LogP contribution in [-0.4, -0.2) is 41.0 Å². The van der Waals surface area contributed by atoms with Gasteiger partial charge in [-0.3, -0.25) is 24.1 Å². The number of ether oxygens (including phenoxy) is 1. The summed E-state index contributed by atoms with van der Waals surface area (Å²) in [5.74, 6) is -0.993. The van der Waals surface area contributed by atoms with Crippen molar-refractivity contribution < 1.29 is 23.9 Å². The summed E-state index contributed by atoms with van der Waals surface area (Å²) in [6.07, 6.45) is 1.53. The molecule has 3 aromatic carbocycles. The average molecular weight is 516 g/mol. The quantitative estimate of drug-likeness (QED) is 0.409. The lowest BCUT2D eigenvalue weighted by Gasteiger charge is -2.14. The van der Waals surface area contributed by atoms with Crippen molar-refractivity contribution in [2.24, 2.45) is 0 Å². The van der Waals surface area contributed by atoms with Gasteiger partial charge in [-0.2, -0.15) is 0 Å². The smallest absolute Gasteiger partial charge is 0.294 e. The number of para-hydroxylation sites is 2. The second-order valence-corrected chi connectivity index (χ2v) is 9.37. The standard InChI is InChI=1S/C28H25N3O5S/c1-18-12-13-22(19(2)14-18)30-25(32)16-31-27(34)24(37-28(31)35)15-20-8-6-7-11-23(20)36-17-26(33)29-21-9-4-3-5-10-21/h3-15H,16-17H2,1-2H3,(H,29,33)(H,30,32)/b24-15+. The summed E-state index contributed by atoms with van der Waals surface area (Å²) in [7, 11) is 0. The van der Waals surface area contributed by atoms with Crippen LogP contribution in [0.25, 0.3) is 6.08 Å². The Kier molecular flexibility index (Phi) is 8.05. The number of benzene rings is 3. The summed E-state index contributed by atoms with van der Waals surface area (Å²) in [6.45, 7) is 3.19. The lowest BCUT2D eigenvalue weighted by atomic mass is 10.1. The van der Waals surface area contributed by atoms with Gasteiger partial charge in [-0.1, -0.05) is 54.1 Å². The lowest BCUT2D eigenvalue weighted by molar-refractivity contribution is -0.127. The molecule has 4 amide bonds. The molecule has 1 heterocycles. The third kappa shape index (κ3) is 6.65. The van der Waals surface area contributed by atoms with E-state index >= 15 is 0 Å². The van der Waals surface area contributed by atoms with Crippen molar-refractivity contribution in [3.8, 4) is 5.75 Å². The number of imide groups is 1. The number of rotatable bonds is 8. The molecule has 9 heteroatoms. The maximum absolute atomic E-state index is 12.9. The number of hydrogen-bond donors (Lipinski definition) is 2. The molecule has 8 nitrogen and oxygen atoms in total. The van der Waals surface area contributed by atoms with Crippen LogP contribution in [0.3, 0.4) is 0 Å². The molecule has 37 heavy (non-hydrogen) atoms. The lowest BCUT2D eigenvalue weighted by Crippen LogP contribution is -2.36. The average Bonchev–Trinajstić information content (AvgIpc) is 3.13. The highest BCUT2D eigenvalue weighted by atomic mass is 32.2. The zero-order valence-corrected chi connectivity index (χ0v) is 21.1. The normalized spacial score (nSPS) is 14.1. The Bertz CT molecular complexity index is 1390. The third-order valence-corrected chi connectivity index (χ3v) is 6.36. The van der Waals surface area contributed by atoms with E-state index in [9.17, 15) is 19.2 Å². The fourth-order valence-electron chi connectivity index (χ4n) is 3.66. The maximum Gasteiger partial charge on any atom is 0.294 e. The van der Waals surface area contributed by atoms with Gasteiger partial charge in [0.15, 0.2) is 6.61 Å². The minimum atomic E-state index is -0.567. The molecule has 4 rings (SSSR count). The van der Waals surface area contributed by atoms with Crippen LogP contribution in [0, 0.1) is 13.8 Å². The number of nitrogens with zero attached hydrogens (tertiary/aromatic N) is 1. The fourth-order valence-corrected chi connectivity index (χ4v) is 4.49. The molecular weight excluding hydrogens is 490 g/mol. The van der Waals surface area contributed by atoms with E-state index in [1.165, 1.54) is 6.08 Å². The maximum atomic E-state index is 12.9. The molecule has 0 saturated carbocycles. The summed E-state index contributed by atoms with van der Waals surface area (Å²) in [5.41, 5.74) is 3.75. The molecule has 2 N–H and O–H groups in total. The first kappa shape index (κ1) is 25.7. The predicted molar refractivity (Wildman–Crippen MR) is 144 cm³/mol. The molecular formula is C28H25N3O5S. The largest absolute Gasteiger partial charge is 0.483 e. The van der Waals surface area contributed by atoms with Gasteiger partial charge in [-0.25, -0.2) is 0 Å². The first-order chi connectivity index (χ1) is 17.8. The van der Waals surface area contributed by atoms with Gasteiger partial charge in [0.05, 0.1) is 4.91 Å². The number of aryl methyl sites for hydroxylation is 2. The molecule has 0 bridgehead atoms. The number of carbonyl (C=O) groups excluding carboxylic acids is 4. The van der Waals surface area contributed by atoms with Gasteiger partial charge in [0.2, 0.25) is 5.91 Å². The highest BCUT2D eigenvalue weighted by molar-refractivity contribution is 8.18. The van der Waals surface area contributed by atoms with Crippen LogP contribution >= 0.6 is 11.8 Å². The van der Waals surface area contributed by atoms with Crippen LogP contribution in [0.15, 0.2) is 77.7 Å². The molecule has 0 radical (unpaired) electrons. The van der Waals surface area contributed by atoms with Crippen molar-refractivity contribution >= 4 is 52.2 Å². The SMILES string of the molecule is Cc1ccc(NC(=O)CN2C(=O)S/C(=C/c3ccccc3OCC(=O)Nc3ccccc3)C2=O)c(C)c1. The molecule has 1 aliphatic rings. The molecule has 0 spiro atoms. The second kappa shape index (κ2) is 11.6. The van der Waals surface area contributed by atoms with Gasteiger partial charge in [-0.15, -0.1) is 0 Å². The van der Waals surface area contributed by atoms with Crippen LogP contribution in [0.1, 0.15) is 16.7 Å². The van der Waals surface area contributed by atoms with Crippen molar-refractivity contribution in [2.75, 3.05) is 23.8 Å². The molecule has 1 saturated heterocycles. The minimum absolute atomic E-state index is 0.161. The molecule has 0 atom stereocenters. The fraction of sp³-hybridized carbons (Fsp3) is 0.143. The summed E-state index contributed by atoms with van der Waals surface area (Å²) >= 11 is 0.749. The topological polar surface area (TPSA) is 105 Å². The number of thioether (sulfide) groups is 1. The molecule has 188 valence electrons. The van der Waals surface area contributed by atoms with E-state index in [0.717, 1.165) is 27.8 Å². The predicted octanol–water partition coefficient (Wildman–Crippen LogP) is 5.00. The second-order valence-electron chi connectivity index (χ2n) is 8.38. The van der Waals surface area contributed by atoms with Crippen molar-refractivity contribution in [1.29, 1.82) is 0 Å². The number of nitrogens with one attached hydrogen (secondary N) is 2. The summed E-state index contributed by atoms with van der Waals surface area (Å²) < 4.78 is 5.68. The molecule has 1 aliphatic heterocycles. The van der Waals surface area contributed by atoms with Gasteiger partial charge in [-0.05, 0) is 61.5 Å². The first-order valence-electron chi connectivity index (χ1n) is 11.5. The van der Waals surface area contributed by atoms with E-state index in [1.807, 2.05) is 44.2 Å². The molecule has 0 aliphatic carbocycles. The number of hydrogen-bond acceptors (Lipinski definition) is 6. The van der Waals surface area contributed by atoms with E-state index < -0.39 is 23.6 Å². The van der Waals surface area contributed by atoms with Gasteiger partial charge >= 0.3 is 0 Å². The molecule has 1 fully saturated rings. The Hall–Kier alpha value is -4.37. The van der Waals surface area contributed by atoms with E-state index in [2.05, 4.69) is 10.6 Å². The zero-order chi connectivity index (χ0) is 26.4. The number of anilines is 2. The Balaban J connectivity index is 1.40. The highest BCUT2D eigenvalue weighted by Gasteiger charge is 2.36. The van der Waals surface area contributed by atoms with Crippen LogP contribution < -0.4 is 15.4 Å². The summed E-state index contributed by atoms with van der Waals surface area (Å²) in [6, 6.07) is 21.5. The minimum Gasteiger partial charge on any atom is -0.483 e. The van der Waals surface area contributed by atoms with Crippen LogP contribution in [0.5, 0.6) is 5.75 Å². The molecule has 0 aromatic heterocycles. The van der Waals surface area contributed by atoms with E-state index in [0.29, 0.717) is 22.7 Å². The Labute approximate surface area is 218 Å². The number of carbonyl (C=O) groups is 4. The van der Waals surface area contributed by atoms with Gasteiger partial charge < -0.3 is 15.4 Å². The van der Waals surface area contributed by atoms with Gasteiger partial charge in [0.1, 0.15) is 12.3 Å². The van der Waals surface area contributed by atoms with Crippen LogP contribution in [-0.2, 0) is 14.4 Å². The van der Waals surface area contributed by atoms with Crippen molar-refractivity contribution in [1.82, 2.24) is 4.90 Å². The van der Waals surface area contributed by atoms with E-state index in [4.69, 9.17) is 4.74 Å².